The molecule has 1 amide bonds. The van der Waals surface area contributed by atoms with Gasteiger partial charge in [0.1, 0.15) is 0 Å². The Morgan fingerprint density at radius 3 is 2.26 bits per heavy atom. The van der Waals surface area contributed by atoms with E-state index in [9.17, 15) is 4.79 Å². The zero-order valence-corrected chi connectivity index (χ0v) is 20.0. The first-order valence-corrected chi connectivity index (χ1v) is 12.6. The van der Waals surface area contributed by atoms with Crippen molar-refractivity contribution in [2.24, 2.45) is 5.92 Å². The average Bonchev–Trinajstić information content (AvgIpc) is 2.89. The van der Waals surface area contributed by atoms with E-state index < -0.39 is 0 Å². The number of likely N-dealkylation sites (tertiary alicyclic amines) is 1. The molecule has 2 aliphatic rings. The maximum absolute atomic E-state index is 12.9. The van der Waals surface area contributed by atoms with Crippen molar-refractivity contribution < 1.29 is 4.79 Å². The van der Waals surface area contributed by atoms with E-state index in [2.05, 4.69) is 94.0 Å². The third-order valence-electron chi connectivity index (χ3n) is 7.23. The third kappa shape index (κ3) is 5.94. The summed E-state index contributed by atoms with van der Waals surface area (Å²) in [6.45, 7) is 6.55. The number of carbonyl (C=O) groups is 1. The molecule has 176 valence electrons. The molecule has 3 aromatic rings. The van der Waals surface area contributed by atoms with Crippen molar-refractivity contribution in [3.63, 3.8) is 0 Å². The van der Waals surface area contributed by atoms with Gasteiger partial charge in [-0.25, -0.2) is 0 Å². The molecule has 0 spiro atoms. The largest absolute Gasteiger partial charge is 0.352 e. The Labute approximate surface area is 203 Å². The molecule has 2 heterocycles. The van der Waals surface area contributed by atoms with Crippen molar-refractivity contribution in [2.45, 2.75) is 45.4 Å². The number of nitrogens with one attached hydrogen (secondary N) is 1. The molecule has 1 N–H and O–H groups in total. The molecule has 0 aromatic heterocycles. The fourth-order valence-electron chi connectivity index (χ4n) is 5.30. The lowest BCUT2D eigenvalue weighted by molar-refractivity contribution is -0.126. The maximum Gasteiger partial charge on any atom is 0.224 e. The van der Waals surface area contributed by atoms with Gasteiger partial charge in [-0.05, 0) is 53.6 Å². The molecule has 1 unspecified atom stereocenters. The van der Waals surface area contributed by atoms with Crippen LogP contribution in [0, 0.1) is 5.92 Å². The van der Waals surface area contributed by atoms with Gasteiger partial charge in [0.15, 0.2) is 0 Å². The summed E-state index contributed by atoms with van der Waals surface area (Å²) in [7, 11) is 0. The lowest BCUT2D eigenvalue weighted by Crippen LogP contribution is -2.42. The van der Waals surface area contributed by atoms with Gasteiger partial charge in [0.2, 0.25) is 5.91 Å². The van der Waals surface area contributed by atoms with Crippen molar-refractivity contribution in [3.8, 4) is 0 Å². The van der Waals surface area contributed by atoms with Crippen LogP contribution < -0.4 is 5.32 Å². The molecule has 1 fully saturated rings. The predicted octanol–water partition coefficient (Wildman–Crippen LogP) is 4.77. The highest BCUT2D eigenvalue weighted by Crippen LogP contribution is 2.21. The van der Waals surface area contributed by atoms with Crippen molar-refractivity contribution in [1.82, 2.24) is 15.1 Å². The quantitative estimate of drug-likeness (QED) is 0.560. The first-order chi connectivity index (χ1) is 16.7. The summed E-state index contributed by atoms with van der Waals surface area (Å²) in [4.78, 5) is 17.8. The molecule has 0 aliphatic carbocycles. The molecule has 1 saturated heterocycles. The summed E-state index contributed by atoms with van der Waals surface area (Å²) in [5.41, 5.74) is 6.76. The first-order valence-electron chi connectivity index (χ1n) is 12.6. The van der Waals surface area contributed by atoms with E-state index in [4.69, 9.17) is 0 Å². The standard InChI is InChI=1S/C30H35N3O/c34-30(29-11-6-17-32(23-29)20-25-7-2-1-3-8-25)31-19-24-12-14-26(15-13-24)21-33-18-16-27-9-4-5-10-28(27)22-33/h1-5,7-10,12-15,29H,6,11,16-23H2,(H,31,34). The van der Waals surface area contributed by atoms with Crippen LogP contribution in [0.5, 0.6) is 0 Å². The van der Waals surface area contributed by atoms with E-state index in [-0.39, 0.29) is 11.8 Å². The summed E-state index contributed by atoms with van der Waals surface area (Å²) < 4.78 is 0. The second kappa shape index (κ2) is 11.0. The second-order valence-electron chi connectivity index (χ2n) is 9.82. The van der Waals surface area contributed by atoms with E-state index in [0.717, 1.165) is 64.1 Å². The normalized spacial score (nSPS) is 18.9. The zero-order chi connectivity index (χ0) is 23.2. The lowest BCUT2D eigenvalue weighted by Gasteiger charge is -2.32. The fraction of sp³-hybridized carbons (Fsp3) is 0.367. The molecule has 5 rings (SSSR count). The smallest absolute Gasteiger partial charge is 0.224 e. The van der Waals surface area contributed by atoms with Crippen LogP contribution in [0.2, 0.25) is 0 Å². The Morgan fingerprint density at radius 2 is 1.44 bits per heavy atom. The molecular formula is C30H35N3O. The van der Waals surface area contributed by atoms with E-state index >= 15 is 0 Å². The van der Waals surface area contributed by atoms with Crippen LogP contribution in [-0.4, -0.2) is 35.3 Å². The number of nitrogens with zero attached hydrogens (tertiary/aromatic N) is 2. The predicted molar refractivity (Wildman–Crippen MR) is 137 cm³/mol. The van der Waals surface area contributed by atoms with Gasteiger partial charge in [-0.3, -0.25) is 14.6 Å². The SMILES string of the molecule is O=C(NCc1ccc(CN2CCc3ccccc3C2)cc1)C1CCCN(Cc2ccccc2)C1. The van der Waals surface area contributed by atoms with Crippen molar-refractivity contribution in [2.75, 3.05) is 19.6 Å². The van der Waals surface area contributed by atoms with E-state index in [0.29, 0.717) is 6.54 Å². The second-order valence-corrected chi connectivity index (χ2v) is 9.82. The number of hydrogen-bond acceptors (Lipinski definition) is 3. The first kappa shape index (κ1) is 22.8. The minimum Gasteiger partial charge on any atom is -0.352 e. The zero-order valence-electron chi connectivity index (χ0n) is 20.0. The lowest BCUT2D eigenvalue weighted by atomic mass is 9.96. The molecule has 4 heteroatoms. The number of amides is 1. The van der Waals surface area contributed by atoms with Crippen molar-refractivity contribution >= 4 is 5.91 Å². The molecule has 2 aliphatic heterocycles. The van der Waals surface area contributed by atoms with Crippen LogP contribution >= 0.6 is 0 Å². The molecule has 0 bridgehead atoms. The Balaban J connectivity index is 1.08. The van der Waals surface area contributed by atoms with E-state index in [1.165, 1.54) is 22.3 Å². The molecule has 0 saturated carbocycles. The molecule has 1 atom stereocenters. The van der Waals surface area contributed by atoms with E-state index in [1.807, 2.05) is 0 Å². The average molecular weight is 454 g/mol. The molecule has 4 nitrogen and oxygen atoms in total. The van der Waals surface area contributed by atoms with Crippen LogP contribution in [-0.2, 0) is 37.4 Å². The summed E-state index contributed by atoms with van der Waals surface area (Å²) in [6, 6.07) is 28.1. The van der Waals surface area contributed by atoms with Gasteiger partial charge < -0.3 is 5.32 Å². The molecule has 3 aromatic carbocycles. The van der Waals surface area contributed by atoms with Crippen molar-refractivity contribution in [1.29, 1.82) is 0 Å². The Kier molecular flexibility index (Phi) is 7.37. The minimum absolute atomic E-state index is 0.0821. The number of piperidine rings is 1. The Bertz CT molecular complexity index is 1080. The van der Waals surface area contributed by atoms with Crippen LogP contribution in [0.25, 0.3) is 0 Å². The number of carbonyl (C=O) groups excluding carboxylic acids is 1. The third-order valence-corrected chi connectivity index (χ3v) is 7.23. The highest BCUT2D eigenvalue weighted by atomic mass is 16.1. The molecule has 0 radical (unpaired) electrons. The summed E-state index contributed by atoms with van der Waals surface area (Å²) in [6.07, 6.45) is 3.19. The minimum atomic E-state index is 0.0821. The highest BCUT2D eigenvalue weighted by molar-refractivity contribution is 5.79. The Morgan fingerprint density at radius 1 is 0.765 bits per heavy atom. The Hall–Kier alpha value is -2.95. The van der Waals surface area contributed by atoms with Gasteiger partial charge in [0, 0.05) is 39.3 Å². The monoisotopic (exact) mass is 453 g/mol. The maximum atomic E-state index is 12.9. The molecule has 34 heavy (non-hydrogen) atoms. The van der Waals surface area contributed by atoms with Crippen molar-refractivity contribution in [3.05, 3.63) is 107 Å². The van der Waals surface area contributed by atoms with E-state index in [1.54, 1.807) is 0 Å². The summed E-state index contributed by atoms with van der Waals surface area (Å²) in [5.74, 6) is 0.271. The number of rotatable bonds is 7. The van der Waals surface area contributed by atoms with Gasteiger partial charge in [-0.2, -0.15) is 0 Å². The highest BCUT2D eigenvalue weighted by Gasteiger charge is 2.25. The van der Waals surface area contributed by atoms with Gasteiger partial charge in [-0.15, -0.1) is 0 Å². The summed E-state index contributed by atoms with van der Waals surface area (Å²) >= 11 is 0. The van der Waals surface area contributed by atoms with Crippen LogP contribution in [0.1, 0.15) is 40.7 Å². The van der Waals surface area contributed by atoms with Crippen LogP contribution in [0.3, 0.4) is 0 Å². The number of hydrogen-bond donors (Lipinski definition) is 1. The summed E-state index contributed by atoms with van der Waals surface area (Å²) in [5, 5.41) is 3.19. The van der Waals surface area contributed by atoms with Gasteiger partial charge in [0.05, 0.1) is 5.92 Å². The van der Waals surface area contributed by atoms with Gasteiger partial charge in [0.25, 0.3) is 0 Å². The van der Waals surface area contributed by atoms with Gasteiger partial charge in [-0.1, -0.05) is 78.9 Å². The number of fused-ring (bicyclic) bond motifs is 1. The topological polar surface area (TPSA) is 35.6 Å². The number of benzene rings is 3. The molecular weight excluding hydrogens is 418 g/mol. The van der Waals surface area contributed by atoms with Crippen LogP contribution in [0.4, 0.5) is 0 Å². The van der Waals surface area contributed by atoms with Crippen LogP contribution in [0.15, 0.2) is 78.9 Å². The van der Waals surface area contributed by atoms with Gasteiger partial charge >= 0.3 is 0 Å². The fourth-order valence-corrected chi connectivity index (χ4v) is 5.30.